The Hall–Kier alpha value is -2.58. The summed E-state index contributed by atoms with van der Waals surface area (Å²) in [5, 5.41) is 10.6. The molecule has 0 amide bonds. The van der Waals surface area contributed by atoms with Gasteiger partial charge in [-0.05, 0) is 86.3 Å². The molecule has 8 heteroatoms. The Labute approximate surface area is 210 Å². The first-order valence-electron chi connectivity index (χ1n) is 12.2. The predicted octanol–water partition coefficient (Wildman–Crippen LogP) is 5.58. The summed E-state index contributed by atoms with van der Waals surface area (Å²) < 4.78 is 22.7. The number of carboxylic acid groups (broad SMARTS) is 1. The van der Waals surface area contributed by atoms with Crippen LogP contribution in [-0.4, -0.2) is 58.0 Å². The third-order valence-corrected chi connectivity index (χ3v) is 8.03. The standard InChI is InChI=1S/C27H34FN3O3S/c1-30-13-10-21(17-30)35-15-3-12-31-14-9-19(24(18-31)27(32)33)4-6-25(28)22-8-11-29-26-7-5-20(34-2)16-23(22)26/h5,7-8,10-11,13,16-17,19,24-25H,3-4,6,9,12,14-15,18H2,1-2H3,(H,32,33)/t19-,24+,25?/m1/s1. The fraction of sp³-hybridized carbons (Fsp3) is 0.481. The van der Waals surface area contributed by atoms with Crippen LogP contribution in [0.1, 0.15) is 37.4 Å². The molecule has 0 aliphatic carbocycles. The molecule has 4 rings (SSSR count). The molecule has 0 saturated carbocycles. The summed E-state index contributed by atoms with van der Waals surface area (Å²) in [6.45, 7) is 2.31. The van der Waals surface area contributed by atoms with E-state index in [0.717, 1.165) is 42.6 Å². The molecule has 1 aromatic carbocycles. The monoisotopic (exact) mass is 499 g/mol. The van der Waals surface area contributed by atoms with Crippen LogP contribution >= 0.6 is 11.8 Å². The number of rotatable bonds is 11. The zero-order chi connectivity index (χ0) is 24.8. The number of alkyl halides is 1. The largest absolute Gasteiger partial charge is 0.497 e. The molecule has 0 bridgehead atoms. The third-order valence-electron chi connectivity index (χ3n) is 6.96. The van der Waals surface area contributed by atoms with Gasteiger partial charge in [0.15, 0.2) is 0 Å². The topological polar surface area (TPSA) is 67.6 Å². The van der Waals surface area contributed by atoms with E-state index in [1.54, 1.807) is 19.4 Å². The van der Waals surface area contributed by atoms with Crippen molar-refractivity contribution in [2.75, 3.05) is 32.5 Å². The summed E-state index contributed by atoms with van der Waals surface area (Å²) in [5.41, 5.74) is 1.32. The highest BCUT2D eigenvalue weighted by atomic mass is 32.2. The number of fused-ring (bicyclic) bond motifs is 1. The van der Waals surface area contributed by atoms with Crippen molar-refractivity contribution in [3.63, 3.8) is 0 Å². The van der Waals surface area contributed by atoms with Gasteiger partial charge in [-0.15, -0.1) is 11.8 Å². The molecule has 6 nitrogen and oxygen atoms in total. The quantitative estimate of drug-likeness (QED) is 0.275. The SMILES string of the molecule is COc1ccc2nccc(C(F)CC[C@@H]3CCN(CCCSc4ccn(C)c4)C[C@@H]3C(=O)O)c2c1. The second kappa shape index (κ2) is 11.9. The lowest BCUT2D eigenvalue weighted by molar-refractivity contribution is -0.146. The van der Waals surface area contributed by atoms with Crippen molar-refractivity contribution in [3.05, 3.63) is 54.5 Å². The van der Waals surface area contributed by atoms with Crippen LogP contribution in [0.2, 0.25) is 0 Å². The molecule has 0 spiro atoms. The minimum atomic E-state index is -1.17. The number of benzene rings is 1. The maximum Gasteiger partial charge on any atom is 0.308 e. The van der Waals surface area contributed by atoms with Crippen LogP contribution in [0.25, 0.3) is 10.9 Å². The van der Waals surface area contributed by atoms with E-state index in [1.807, 2.05) is 47.8 Å². The number of aliphatic carboxylic acids is 1. The molecular weight excluding hydrogens is 465 g/mol. The lowest BCUT2D eigenvalue weighted by Gasteiger charge is -2.36. The van der Waals surface area contributed by atoms with Crippen LogP contribution in [0.5, 0.6) is 5.75 Å². The van der Waals surface area contributed by atoms with Crippen LogP contribution in [0, 0.1) is 11.8 Å². The molecule has 1 fully saturated rings. The van der Waals surface area contributed by atoms with Crippen molar-refractivity contribution in [1.82, 2.24) is 14.5 Å². The fourth-order valence-corrected chi connectivity index (χ4v) is 5.91. The van der Waals surface area contributed by atoms with E-state index in [4.69, 9.17) is 4.74 Å². The first-order valence-corrected chi connectivity index (χ1v) is 13.2. The summed E-state index contributed by atoms with van der Waals surface area (Å²) in [6.07, 6.45) is 7.28. The Morgan fingerprint density at radius 3 is 2.94 bits per heavy atom. The second-order valence-electron chi connectivity index (χ2n) is 9.34. The molecule has 188 valence electrons. The van der Waals surface area contributed by atoms with Gasteiger partial charge < -0.3 is 19.3 Å². The van der Waals surface area contributed by atoms with Crippen LogP contribution in [0.4, 0.5) is 4.39 Å². The number of aryl methyl sites for hydroxylation is 1. The van der Waals surface area contributed by atoms with Gasteiger partial charge in [0, 0.05) is 42.5 Å². The Kier molecular flexibility index (Phi) is 8.68. The van der Waals surface area contributed by atoms with Crippen LogP contribution in [0.15, 0.2) is 53.8 Å². The summed E-state index contributed by atoms with van der Waals surface area (Å²) >= 11 is 1.83. The van der Waals surface area contributed by atoms with E-state index in [2.05, 4.69) is 22.1 Å². The van der Waals surface area contributed by atoms with Gasteiger partial charge in [-0.3, -0.25) is 9.78 Å². The lowest BCUT2D eigenvalue weighted by Crippen LogP contribution is -2.44. The number of piperidine rings is 1. The number of aromatic nitrogens is 2. The highest BCUT2D eigenvalue weighted by Gasteiger charge is 2.34. The fourth-order valence-electron chi connectivity index (χ4n) is 5.00. The predicted molar refractivity (Wildman–Crippen MR) is 138 cm³/mol. The molecule has 0 radical (unpaired) electrons. The number of ether oxygens (including phenoxy) is 1. The van der Waals surface area contributed by atoms with Crippen molar-refractivity contribution in [2.45, 2.75) is 36.8 Å². The van der Waals surface area contributed by atoms with Gasteiger partial charge in [0.25, 0.3) is 0 Å². The molecular formula is C27H34FN3O3S. The van der Waals surface area contributed by atoms with Crippen molar-refractivity contribution in [2.24, 2.45) is 18.9 Å². The van der Waals surface area contributed by atoms with Gasteiger partial charge in [0.05, 0.1) is 18.5 Å². The van der Waals surface area contributed by atoms with Gasteiger partial charge in [-0.25, -0.2) is 4.39 Å². The number of nitrogens with zero attached hydrogens (tertiary/aromatic N) is 3. The number of carboxylic acids is 1. The van der Waals surface area contributed by atoms with Crippen molar-refractivity contribution >= 4 is 28.6 Å². The van der Waals surface area contributed by atoms with Crippen LogP contribution in [-0.2, 0) is 11.8 Å². The molecule has 35 heavy (non-hydrogen) atoms. The maximum absolute atomic E-state index is 15.4. The second-order valence-corrected chi connectivity index (χ2v) is 10.5. The molecule has 1 aliphatic rings. The first kappa shape index (κ1) is 25.5. The number of likely N-dealkylation sites (tertiary alicyclic amines) is 1. The number of hydrogen-bond acceptors (Lipinski definition) is 5. The average molecular weight is 500 g/mol. The smallest absolute Gasteiger partial charge is 0.308 e. The number of hydrogen-bond donors (Lipinski definition) is 1. The normalized spacial score (nSPS) is 19.6. The van der Waals surface area contributed by atoms with Crippen molar-refractivity contribution in [1.29, 1.82) is 0 Å². The van der Waals surface area contributed by atoms with Crippen LogP contribution in [0.3, 0.4) is 0 Å². The van der Waals surface area contributed by atoms with Gasteiger partial charge in [-0.1, -0.05) is 0 Å². The lowest BCUT2D eigenvalue weighted by atomic mass is 9.81. The minimum absolute atomic E-state index is 0.0108. The highest BCUT2D eigenvalue weighted by molar-refractivity contribution is 7.99. The Morgan fingerprint density at radius 2 is 2.20 bits per heavy atom. The average Bonchev–Trinajstić information content (AvgIpc) is 3.29. The molecule has 1 N–H and O–H groups in total. The molecule has 1 unspecified atom stereocenters. The number of methoxy groups -OCH3 is 1. The number of halogens is 1. The van der Waals surface area contributed by atoms with Crippen molar-refractivity contribution < 1.29 is 19.0 Å². The molecule has 1 saturated heterocycles. The summed E-state index contributed by atoms with van der Waals surface area (Å²) in [4.78, 5) is 19.9. The number of carbonyl (C=O) groups is 1. The van der Waals surface area contributed by atoms with E-state index in [9.17, 15) is 9.90 Å². The zero-order valence-corrected chi connectivity index (χ0v) is 21.2. The number of thioether (sulfide) groups is 1. The summed E-state index contributed by atoms with van der Waals surface area (Å²) in [6, 6.07) is 9.30. The molecule has 3 atom stereocenters. The highest BCUT2D eigenvalue weighted by Crippen LogP contribution is 2.35. The Balaban J connectivity index is 1.30. The summed E-state index contributed by atoms with van der Waals surface area (Å²) in [7, 11) is 3.60. The maximum atomic E-state index is 15.4. The van der Waals surface area contributed by atoms with Gasteiger partial charge in [0.2, 0.25) is 0 Å². The Morgan fingerprint density at radius 1 is 1.34 bits per heavy atom. The van der Waals surface area contributed by atoms with Gasteiger partial charge in [-0.2, -0.15) is 0 Å². The Bertz CT molecular complexity index is 1140. The van der Waals surface area contributed by atoms with Gasteiger partial charge >= 0.3 is 5.97 Å². The minimum Gasteiger partial charge on any atom is -0.497 e. The van der Waals surface area contributed by atoms with E-state index < -0.39 is 18.1 Å². The van der Waals surface area contributed by atoms with E-state index in [1.165, 1.54) is 4.90 Å². The first-order chi connectivity index (χ1) is 16.9. The summed E-state index contributed by atoms with van der Waals surface area (Å²) in [5.74, 6) is 0.443. The van der Waals surface area contributed by atoms with Crippen LogP contribution < -0.4 is 4.74 Å². The van der Waals surface area contributed by atoms with E-state index >= 15 is 4.39 Å². The molecule has 1 aliphatic heterocycles. The molecule has 3 heterocycles. The van der Waals surface area contributed by atoms with Crippen molar-refractivity contribution in [3.8, 4) is 5.75 Å². The number of pyridine rings is 1. The third kappa shape index (κ3) is 6.55. The molecule has 2 aromatic heterocycles. The van der Waals surface area contributed by atoms with E-state index in [0.29, 0.717) is 30.7 Å². The zero-order valence-electron chi connectivity index (χ0n) is 20.4. The molecule has 3 aromatic rings. The van der Waals surface area contributed by atoms with Gasteiger partial charge in [0.1, 0.15) is 11.9 Å². The van der Waals surface area contributed by atoms with E-state index in [-0.39, 0.29) is 5.92 Å².